The number of benzene rings is 2. The summed E-state index contributed by atoms with van der Waals surface area (Å²) < 4.78 is 0. The Morgan fingerprint density at radius 1 is 1.17 bits per heavy atom. The predicted octanol–water partition coefficient (Wildman–Crippen LogP) is 5.87. The first-order valence-corrected chi connectivity index (χ1v) is 9.55. The second-order valence-electron chi connectivity index (χ2n) is 6.24. The van der Waals surface area contributed by atoms with Gasteiger partial charge in [0, 0.05) is 22.6 Å². The van der Waals surface area contributed by atoms with Gasteiger partial charge in [-0.05, 0) is 43.7 Å². The normalized spacial score (nSPS) is 17.6. The SMILES string of the molecule is Cc1ccc2nc(N3CCSc4ccccc4C3C)cc(Cl)c2c1. The average Bonchev–Trinajstić information content (AvgIpc) is 2.75. The van der Waals surface area contributed by atoms with Crippen LogP contribution in [0.1, 0.15) is 24.1 Å². The van der Waals surface area contributed by atoms with Crippen molar-refractivity contribution in [3.05, 3.63) is 64.7 Å². The Balaban J connectivity index is 1.81. The first kappa shape index (κ1) is 15.8. The molecule has 24 heavy (non-hydrogen) atoms. The van der Waals surface area contributed by atoms with Crippen LogP contribution in [0.25, 0.3) is 10.9 Å². The highest BCUT2D eigenvalue weighted by Crippen LogP contribution is 2.37. The van der Waals surface area contributed by atoms with Crippen LogP contribution < -0.4 is 4.90 Å². The molecule has 122 valence electrons. The molecule has 0 aliphatic carbocycles. The number of thioether (sulfide) groups is 1. The van der Waals surface area contributed by atoms with Crippen molar-refractivity contribution < 1.29 is 0 Å². The number of pyridine rings is 1. The van der Waals surface area contributed by atoms with E-state index in [1.54, 1.807) is 0 Å². The van der Waals surface area contributed by atoms with Gasteiger partial charge in [0.1, 0.15) is 5.82 Å². The number of hydrogen-bond acceptors (Lipinski definition) is 3. The van der Waals surface area contributed by atoms with Gasteiger partial charge in [-0.15, -0.1) is 11.8 Å². The first-order valence-electron chi connectivity index (χ1n) is 8.19. The molecule has 2 heterocycles. The van der Waals surface area contributed by atoms with Crippen molar-refractivity contribution in [3.8, 4) is 0 Å². The molecular formula is C20H19ClN2S. The third-order valence-corrected chi connectivity index (χ3v) is 6.00. The van der Waals surface area contributed by atoms with Crippen LogP contribution >= 0.6 is 23.4 Å². The lowest BCUT2D eigenvalue weighted by Crippen LogP contribution is -2.28. The highest BCUT2D eigenvalue weighted by atomic mass is 35.5. The van der Waals surface area contributed by atoms with Gasteiger partial charge in [0.15, 0.2) is 0 Å². The summed E-state index contributed by atoms with van der Waals surface area (Å²) in [6.07, 6.45) is 0. The molecule has 4 heteroatoms. The lowest BCUT2D eigenvalue weighted by molar-refractivity contribution is 0.681. The van der Waals surface area contributed by atoms with E-state index in [4.69, 9.17) is 16.6 Å². The fourth-order valence-corrected chi connectivity index (χ4v) is 4.66. The van der Waals surface area contributed by atoms with Crippen LogP contribution in [0, 0.1) is 6.92 Å². The lowest BCUT2D eigenvalue weighted by Gasteiger charge is -2.29. The van der Waals surface area contributed by atoms with Crippen molar-refractivity contribution in [1.82, 2.24) is 4.98 Å². The van der Waals surface area contributed by atoms with Crippen LogP contribution in [0.4, 0.5) is 5.82 Å². The van der Waals surface area contributed by atoms with Crippen molar-refractivity contribution in [3.63, 3.8) is 0 Å². The van der Waals surface area contributed by atoms with Gasteiger partial charge in [0.2, 0.25) is 0 Å². The van der Waals surface area contributed by atoms with Crippen LogP contribution in [0.3, 0.4) is 0 Å². The number of halogens is 1. The van der Waals surface area contributed by atoms with Gasteiger partial charge in [-0.2, -0.15) is 0 Å². The van der Waals surface area contributed by atoms with E-state index in [-0.39, 0.29) is 6.04 Å². The molecule has 0 N–H and O–H groups in total. The molecule has 3 aromatic rings. The zero-order valence-corrected chi connectivity index (χ0v) is 15.4. The quantitative estimate of drug-likeness (QED) is 0.543. The molecule has 0 saturated carbocycles. The molecule has 1 aliphatic rings. The summed E-state index contributed by atoms with van der Waals surface area (Å²) in [6, 6.07) is 17.2. The average molecular weight is 355 g/mol. The molecule has 1 atom stereocenters. The van der Waals surface area contributed by atoms with Crippen LogP contribution in [-0.2, 0) is 0 Å². The number of nitrogens with zero attached hydrogens (tertiary/aromatic N) is 2. The topological polar surface area (TPSA) is 16.1 Å². The van der Waals surface area contributed by atoms with Gasteiger partial charge in [-0.25, -0.2) is 4.98 Å². The number of fused-ring (bicyclic) bond motifs is 2. The summed E-state index contributed by atoms with van der Waals surface area (Å²) >= 11 is 8.49. The van der Waals surface area contributed by atoms with Crippen molar-refractivity contribution in [2.24, 2.45) is 0 Å². The largest absolute Gasteiger partial charge is 0.349 e. The summed E-state index contributed by atoms with van der Waals surface area (Å²) in [5.74, 6) is 2.01. The summed E-state index contributed by atoms with van der Waals surface area (Å²) in [7, 11) is 0. The summed E-state index contributed by atoms with van der Waals surface area (Å²) in [4.78, 5) is 8.63. The molecule has 2 nitrogen and oxygen atoms in total. The van der Waals surface area contributed by atoms with Crippen molar-refractivity contribution in [1.29, 1.82) is 0 Å². The molecule has 0 saturated heterocycles. The Hall–Kier alpha value is -1.71. The second-order valence-corrected chi connectivity index (χ2v) is 7.78. The van der Waals surface area contributed by atoms with Crippen LogP contribution in [0.2, 0.25) is 5.02 Å². The van der Waals surface area contributed by atoms with Gasteiger partial charge < -0.3 is 4.90 Å². The zero-order valence-electron chi connectivity index (χ0n) is 13.8. The zero-order chi connectivity index (χ0) is 16.7. The number of hydrogen-bond donors (Lipinski definition) is 0. The van der Waals surface area contributed by atoms with Crippen molar-refractivity contribution >= 4 is 40.1 Å². The third kappa shape index (κ3) is 2.76. The van der Waals surface area contributed by atoms with Crippen molar-refractivity contribution in [2.75, 3.05) is 17.2 Å². The minimum absolute atomic E-state index is 0.280. The van der Waals surface area contributed by atoms with E-state index >= 15 is 0 Å². The van der Waals surface area contributed by atoms with E-state index in [1.807, 2.05) is 17.8 Å². The molecule has 0 amide bonds. The lowest BCUT2D eigenvalue weighted by atomic mass is 10.1. The maximum atomic E-state index is 6.57. The number of rotatable bonds is 1. The Morgan fingerprint density at radius 3 is 2.88 bits per heavy atom. The monoisotopic (exact) mass is 354 g/mol. The molecule has 0 radical (unpaired) electrons. The van der Waals surface area contributed by atoms with E-state index in [0.29, 0.717) is 0 Å². The van der Waals surface area contributed by atoms with Gasteiger partial charge in [0.25, 0.3) is 0 Å². The van der Waals surface area contributed by atoms with Gasteiger partial charge >= 0.3 is 0 Å². The fourth-order valence-electron chi connectivity index (χ4n) is 3.32. The predicted molar refractivity (Wildman–Crippen MR) is 104 cm³/mol. The standard InChI is InChI=1S/C20H19ClN2S/c1-13-7-8-18-16(11-13)17(21)12-20(22-18)23-9-10-24-19-6-4-3-5-15(19)14(23)2/h3-8,11-12,14H,9-10H2,1-2H3. The van der Waals surface area contributed by atoms with E-state index in [9.17, 15) is 0 Å². The smallest absolute Gasteiger partial charge is 0.131 e. The second kappa shape index (κ2) is 6.30. The summed E-state index contributed by atoms with van der Waals surface area (Å²) in [5.41, 5.74) is 3.52. The molecule has 0 spiro atoms. The minimum Gasteiger partial charge on any atom is -0.349 e. The van der Waals surface area contributed by atoms with Gasteiger partial charge in [0.05, 0.1) is 16.6 Å². The molecular weight excluding hydrogens is 336 g/mol. The first-order chi connectivity index (χ1) is 11.6. The Morgan fingerprint density at radius 2 is 2.00 bits per heavy atom. The van der Waals surface area contributed by atoms with E-state index in [2.05, 4.69) is 61.2 Å². The highest BCUT2D eigenvalue weighted by molar-refractivity contribution is 7.99. The molecule has 0 bridgehead atoms. The third-order valence-electron chi connectivity index (χ3n) is 4.62. The number of aromatic nitrogens is 1. The fraction of sp³-hybridized carbons (Fsp3) is 0.250. The number of aryl methyl sites for hydroxylation is 1. The Bertz CT molecular complexity index is 909. The van der Waals surface area contributed by atoms with Crippen LogP contribution in [-0.4, -0.2) is 17.3 Å². The van der Waals surface area contributed by atoms with Crippen LogP contribution in [0.5, 0.6) is 0 Å². The molecule has 1 unspecified atom stereocenters. The molecule has 4 rings (SSSR count). The molecule has 0 fully saturated rings. The maximum Gasteiger partial charge on any atom is 0.131 e. The Labute approximate surface area is 151 Å². The summed E-state index contributed by atoms with van der Waals surface area (Å²) in [5, 5.41) is 1.80. The maximum absolute atomic E-state index is 6.57. The minimum atomic E-state index is 0.280. The summed E-state index contributed by atoms with van der Waals surface area (Å²) in [6.45, 7) is 5.29. The molecule has 1 aromatic heterocycles. The van der Waals surface area contributed by atoms with Crippen LogP contribution in [0.15, 0.2) is 53.4 Å². The Kier molecular flexibility index (Phi) is 4.15. The highest BCUT2D eigenvalue weighted by Gasteiger charge is 2.24. The van der Waals surface area contributed by atoms with Crippen molar-refractivity contribution in [2.45, 2.75) is 24.8 Å². The van der Waals surface area contributed by atoms with E-state index in [1.165, 1.54) is 16.0 Å². The van der Waals surface area contributed by atoms with Gasteiger partial charge in [-0.1, -0.05) is 41.4 Å². The molecule has 2 aromatic carbocycles. The van der Waals surface area contributed by atoms with E-state index < -0.39 is 0 Å². The van der Waals surface area contributed by atoms with Gasteiger partial charge in [-0.3, -0.25) is 0 Å². The number of anilines is 1. The molecule has 1 aliphatic heterocycles. The van der Waals surface area contributed by atoms with E-state index in [0.717, 1.165) is 34.0 Å².